The third kappa shape index (κ3) is 2.22. The Hall–Kier alpha value is -1.87. The molecule has 3 rings (SSSR count). The highest BCUT2D eigenvalue weighted by atomic mass is 16.5. The van der Waals surface area contributed by atoms with Gasteiger partial charge in [-0.05, 0) is 18.4 Å². The van der Waals surface area contributed by atoms with Crippen molar-refractivity contribution in [2.45, 2.75) is 25.6 Å². The number of hydrogen-bond acceptors (Lipinski definition) is 3. The molecule has 2 atom stereocenters. The Morgan fingerprint density at radius 1 is 1.16 bits per heavy atom. The molecule has 3 nitrogen and oxygen atoms in total. The molecule has 0 heterocycles. The van der Waals surface area contributed by atoms with E-state index in [1.807, 2.05) is 49.4 Å². The summed E-state index contributed by atoms with van der Waals surface area (Å²) in [6.07, 6.45) is -0.115. The van der Waals surface area contributed by atoms with Crippen molar-refractivity contribution in [2.24, 2.45) is 0 Å². The molecule has 0 spiro atoms. The summed E-state index contributed by atoms with van der Waals surface area (Å²) < 4.78 is 11.4. The molecule has 0 bridgehead atoms. The smallest absolute Gasteiger partial charge is 0.169 e. The minimum Gasteiger partial charge on any atom is -0.486 e. The number of fused-ring (bicyclic) bond motifs is 1. The largest absolute Gasteiger partial charge is 0.486 e. The van der Waals surface area contributed by atoms with E-state index >= 15 is 0 Å². The average Bonchev–Trinajstić information content (AvgIpc) is 2.45. The zero-order valence-electron chi connectivity index (χ0n) is 10.8. The molecule has 2 unspecified atom stereocenters. The molecule has 2 aromatic rings. The fourth-order valence-electron chi connectivity index (χ4n) is 2.41. The van der Waals surface area contributed by atoms with E-state index in [-0.39, 0.29) is 11.9 Å². The van der Waals surface area contributed by atoms with E-state index in [9.17, 15) is 4.79 Å². The van der Waals surface area contributed by atoms with Gasteiger partial charge >= 0.3 is 0 Å². The molecule has 1 saturated carbocycles. The lowest BCUT2D eigenvalue weighted by atomic mass is 9.90. The Bertz CT molecular complexity index is 600. The van der Waals surface area contributed by atoms with Crippen LogP contribution in [-0.2, 0) is 9.53 Å². The molecule has 1 aliphatic rings. The van der Waals surface area contributed by atoms with Crippen molar-refractivity contribution >= 4 is 16.6 Å². The van der Waals surface area contributed by atoms with Crippen molar-refractivity contribution < 1.29 is 14.3 Å². The van der Waals surface area contributed by atoms with E-state index in [1.165, 1.54) is 0 Å². The molecular weight excluding hydrogens is 240 g/mol. The maximum Gasteiger partial charge on any atom is 0.169 e. The normalized spacial score (nSPS) is 22.3. The molecule has 0 radical (unpaired) electrons. The van der Waals surface area contributed by atoms with Gasteiger partial charge in [-0.25, -0.2) is 0 Å². The molecule has 0 amide bonds. The highest BCUT2D eigenvalue weighted by Gasteiger charge is 2.42. The lowest BCUT2D eigenvalue weighted by molar-refractivity contribution is -0.154. The van der Waals surface area contributed by atoms with Crippen LogP contribution in [0.5, 0.6) is 5.75 Å². The van der Waals surface area contributed by atoms with Gasteiger partial charge in [0.2, 0.25) is 0 Å². The first-order valence-corrected chi connectivity index (χ1v) is 6.58. The van der Waals surface area contributed by atoms with E-state index in [0.29, 0.717) is 13.0 Å². The molecule has 1 aliphatic carbocycles. The van der Waals surface area contributed by atoms with Gasteiger partial charge in [-0.15, -0.1) is 0 Å². The third-order valence-corrected chi connectivity index (χ3v) is 3.43. The van der Waals surface area contributed by atoms with Crippen LogP contribution >= 0.6 is 0 Å². The Labute approximate surface area is 112 Å². The lowest BCUT2D eigenvalue weighted by Gasteiger charge is -2.34. The number of benzene rings is 2. The van der Waals surface area contributed by atoms with Crippen LogP contribution in [0.25, 0.3) is 10.8 Å². The first-order chi connectivity index (χ1) is 9.29. The summed E-state index contributed by atoms with van der Waals surface area (Å²) in [4.78, 5) is 11.5. The standard InChI is InChI=1S/C16H16O3/c1-2-18-16-13(17)10-15(16)19-14-9-5-7-11-6-3-4-8-12(11)14/h3-9,15-16H,2,10H2,1H3. The number of rotatable bonds is 4. The highest BCUT2D eigenvalue weighted by Crippen LogP contribution is 2.30. The van der Waals surface area contributed by atoms with Crippen LogP contribution in [0.3, 0.4) is 0 Å². The Morgan fingerprint density at radius 2 is 1.95 bits per heavy atom. The van der Waals surface area contributed by atoms with Gasteiger partial charge in [0.05, 0.1) is 0 Å². The summed E-state index contributed by atoms with van der Waals surface area (Å²) >= 11 is 0. The van der Waals surface area contributed by atoms with E-state index in [4.69, 9.17) is 9.47 Å². The fraction of sp³-hybridized carbons (Fsp3) is 0.312. The molecular formula is C16H16O3. The van der Waals surface area contributed by atoms with Crippen LogP contribution < -0.4 is 4.74 Å². The number of carbonyl (C=O) groups excluding carboxylic acids is 1. The van der Waals surface area contributed by atoms with Gasteiger partial charge < -0.3 is 9.47 Å². The zero-order chi connectivity index (χ0) is 13.2. The monoisotopic (exact) mass is 256 g/mol. The third-order valence-electron chi connectivity index (χ3n) is 3.43. The quantitative estimate of drug-likeness (QED) is 0.843. The number of hydrogen-bond donors (Lipinski definition) is 0. The Morgan fingerprint density at radius 3 is 2.74 bits per heavy atom. The molecule has 0 saturated heterocycles. The first-order valence-electron chi connectivity index (χ1n) is 6.58. The van der Waals surface area contributed by atoms with Gasteiger partial charge in [-0.1, -0.05) is 36.4 Å². The van der Waals surface area contributed by atoms with Gasteiger partial charge in [0, 0.05) is 18.4 Å². The van der Waals surface area contributed by atoms with Crippen LogP contribution in [0.1, 0.15) is 13.3 Å². The van der Waals surface area contributed by atoms with Gasteiger partial charge in [0.25, 0.3) is 0 Å². The zero-order valence-corrected chi connectivity index (χ0v) is 10.8. The van der Waals surface area contributed by atoms with Crippen molar-refractivity contribution in [1.82, 2.24) is 0 Å². The van der Waals surface area contributed by atoms with Crippen LogP contribution in [0.15, 0.2) is 42.5 Å². The summed E-state index contributed by atoms with van der Waals surface area (Å²) in [6, 6.07) is 14.0. The van der Waals surface area contributed by atoms with Crippen LogP contribution in [0, 0.1) is 0 Å². The maximum atomic E-state index is 11.5. The van der Waals surface area contributed by atoms with E-state index in [2.05, 4.69) is 0 Å². The average molecular weight is 256 g/mol. The Balaban J connectivity index is 1.84. The minimum atomic E-state index is -0.399. The number of carbonyl (C=O) groups is 1. The van der Waals surface area contributed by atoms with Gasteiger partial charge in [-0.2, -0.15) is 0 Å². The van der Waals surface area contributed by atoms with E-state index in [1.54, 1.807) is 0 Å². The number of ketones is 1. The summed E-state index contributed by atoms with van der Waals surface area (Å²) in [5, 5.41) is 2.21. The van der Waals surface area contributed by atoms with Crippen molar-refractivity contribution in [3.05, 3.63) is 42.5 Å². The fourth-order valence-corrected chi connectivity index (χ4v) is 2.41. The predicted octanol–water partition coefficient (Wildman–Crippen LogP) is 2.97. The second-order valence-corrected chi connectivity index (χ2v) is 4.68. The van der Waals surface area contributed by atoms with E-state index in [0.717, 1.165) is 16.5 Å². The topological polar surface area (TPSA) is 35.5 Å². The van der Waals surface area contributed by atoms with Crippen molar-refractivity contribution in [1.29, 1.82) is 0 Å². The summed E-state index contributed by atoms with van der Waals surface area (Å²) in [7, 11) is 0. The van der Waals surface area contributed by atoms with E-state index < -0.39 is 6.10 Å². The molecule has 2 aromatic carbocycles. The lowest BCUT2D eigenvalue weighted by Crippen LogP contribution is -2.52. The molecule has 0 N–H and O–H groups in total. The van der Waals surface area contributed by atoms with Crippen molar-refractivity contribution in [2.75, 3.05) is 6.61 Å². The minimum absolute atomic E-state index is 0.132. The van der Waals surface area contributed by atoms with Gasteiger partial charge in [0.1, 0.15) is 11.9 Å². The Kier molecular flexibility index (Phi) is 3.22. The van der Waals surface area contributed by atoms with Crippen LogP contribution in [0.4, 0.5) is 0 Å². The van der Waals surface area contributed by atoms with Crippen LogP contribution in [0.2, 0.25) is 0 Å². The highest BCUT2D eigenvalue weighted by molar-refractivity contribution is 5.91. The summed E-state index contributed by atoms with van der Waals surface area (Å²) in [6.45, 7) is 2.42. The SMILES string of the molecule is CCOC1C(=O)CC1Oc1cccc2ccccc12. The van der Waals surface area contributed by atoms with Crippen molar-refractivity contribution in [3.8, 4) is 5.75 Å². The van der Waals surface area contributed by atoms with Gasteiger partial charge in [-0.3, -0.25) is 4.79 Å². The van der Waals surface area contributed by atoms with Crippen LogP contribution in [-0.4, -0.2) is 24.6 Å². The summed E-state index contributed by atoms with van der Waals surface area (Å²) in [5.74, 6) is 0.951. The second kappa shape index (κ2) is 5.02. The molecule has 3 heteroatoms. The molecule has 0 aromatic heterocycles. The number of ether oxygens (including phenoxy) is 2. The molecule has 0 aliphatic heterocycles. The molecule has 98 valence electrons. The molecule has 1 fully saturated rings. The number of Topliss-reactive ketones (excluding diaryl/α,β-unsaturated/α-hetero) is 1. The van der Waals surface area contributed by atoms with Crippen molar-refractivity contribution in [3.63, 3.8) is 0 Å². The molecule has 19 heavy (non-hydrogen) atoms. The first kappa shape index (κ1) is 12.2. The summed E-state index contributed by atoms with van der Waals surface area (Å²) in [5.41, 5.74) is 0. The van der Waals surface area contributed by atoms with Gasteiger partial charge in [0.15, 0.2) is 11.9 Å². The predicted molar refractivity (Wildman–Crippen MR) is 73.4 cm³/mol. The second-order valence-electron chi connectivity index (χ2n) is 4.68. The maximum absolute atomic E-state index is 11.5.